The summed E-state index contributed by atoms with van der Waals surface area (Å²) in [5, 5.41) is 3.39. The third-order valence-corrected chi connectivity index (χ3v) is 4.39. The number of hydrogen-bond acceptors (Lipinski definition) is 3. The van der Waals surface area contributed by atoms with Crippen molar-refractivity contribution in [1.29, 1.82) is 0 Å². The molecule has 0 saturated carbocycles. The van der Waals surface area contributed by atoms with Gasteiger partial charge >= 0.3 is 6.18 Å². The Morgan fingerprint density at radius 1 is 1.15 bits per heavy atom. The second-order valence-corrected chi connectivity index (χ2v) is 6.24. The van der Waals surface area contributed by atoms with Gasteiger partial charge in [-0.05, 0) is 41.5 Å². The maximum atomic E-state index is 13.1. The van der Waals surface area contributed by atoms with Gasteiger partial charge in [-0.2, -0.15) is 13.2 Å². The summed E-state index contributed by atoms with van der Waals surface area (Å²) < 4.78 is 63.0. The number of alkyl halides is 3. The fraction of sp³-hybridized carbons (Fsp3) is 0.333. The predicted octanol–water partition coefficient (Wildman–Crippen LogP) is 4.70. The predicted molar refractivity (Wildman–Crippen MR) is 88.1 cm³/mol. The summed E-state index contributed by atoms with van der Waals surface area (Å²) in [5.74, 6) is -0.362. The molecular weight excluding hydrogens is 374 g/mol. The zero-order valence-corrected chi connectivity index (χ0v) is 14.3. The van der Waals surface area contributed by atoms with E-state index < -0.39 is 18.0 Å². The molecule has 0 aromatic heterocycles. The van der Waals surface area contributed by atoms with Gasteiger partial charge in [0.05, 0.1) is 24.8 Å². The van der Waals surface area contributed by atoms with Crippen molar-refractivity contribution >= 4 is 11.6 Å². The van der Waals surface area contributed by atoms with Crippen molar-refractivity contribution in [3.8, 4) is 0 Å². The highest BCUT2D eigenvalue weighted by molar-refractivity contribution is 6.31. The van der Waals surface area contributed by atoms with Crippen molar-refractivity contribution in [3.05, 3.63) is 70.0 Å². The lowest BCUT2D eigenvalue weighted by Crippen LogP contribution is -2.43. The van der Waals surface area contributed by atoms with Gasteiger partial charge in [0.1, 0.15) is 5.82 Å². The highest BCUT2D eigenvalue weighted by Crippen LogP contribution is 2.32. The zero-order valence-electron chi connectivity index (χ0n) is 13.5. The summed E-state index contributed by atoms with van der Waals surface area (Å²) in [6.45, 7) is 0.817. The molecule has 3 nitrogen and oxygen atoms in total. The average Bonchev–Trinajstić information content (AvgIpc) is 2.61. The van der Waals surface area contributed by atoms with Crippen LogP contribution >= 0.6 is 11.6 Å². The van der Waals surface area contributed by atoms with Crippen LogP contribution in [0.1, 0.15) is 22.7 Å². The summed E-state index contributed by atoms with van der Waals surface area (Å²) in [5.41, 5.74) is 0.179. The molecule has 2 aromatic carbocycles. The highest BCUT2D eigenvalue weighted by Gasteiger charge is 2.32. The van der Waals surface area contributed by atoms with E-state index in [1.54, 1.807) is 12.1 Å². The first-order valence-corrected chi connectivity index (χ1v) is 8.30. The maximum absolute atomic E-state index is 13.1. The Kier molecular flexibility index (Phi) is 5.82. The van der Waals surface area contributed by atoms with E-state index in [2.05, 4.69) is 5.32 Å². The Morgan fingerprint density at radius 3 is 2.58 bits per heavy atom. The smallest absolute Gasteiger partial charge is 0.349 e. The van der Waals surface area contributed by atoms with Crippen LogP contribution in [-0.4, -0.2) is 19.4 Å². The van der Waals surface area contributed by atoms with Gasteiger partial charge in [-0.1, -0.05) is 23.7 Å². The molecule has 0 spiro atoms. The summed E-state index contributed by atoms with van der Waals surface area (Å²) in [6.07, 6.45) is -5.20. The van der Waals surface area contributed by atoms with E-state index in [0.29, 0.717) is 13.2 Å². The number of hydrogen-bond donors (Lipinski definition) is 1. The Labute approximate surface area is 152 Å². The van der Waals surface area contributed by atoms with Crippen LogP contribution in [0.2, 0.25) is 5.02 Å². The van der Waals surface area contributed by atoms with Crippen molar-refractivity contribution in [2.45, 2.75) is 25.1 Å². The van der Waals surface area contributed by atoms with Crippen molar-refractivity contribution in [2.75, 3.05) is 13.2 Å². The van der Waals surface area contributed by atoms with Crippen LogP contribution in [0.4, 0.5) is 17.6 Å². The molecule has 1 fully saturated rings. The van der Waals surface area contributed by atoms with Crippen LogP contribution < -0.4 is 5.32 Å². The molecule has 1 saturated heterocycles. The lowest BCUT2D eigenvalue weighted by Gasteiger charge is -2.33. The third-order valence-electron chi connectivity index (χ3n) is 4.03. The van der Waals surface area contributed by atoms with E-state index in [9.17, 15) is 17.6 Å². The molecule has 1 N–H and O–H groups in total. The monoisotopic (exact) mass is 389 g/mol. The maximum Gasteiger partial charge on any atom is 0.416 e. The fourth-order valence-electron chi connectivity index (χ4n) is 2.70. The van der Waals surface area contributed by atoms with E-state index in [-0.39, 0.29) is 29.1 Å². The van der Waals surface area contributed by atoms with Crippen molar-refractivity contribution in [1.82, 2.24) is 5.32 Å². The minimum Gasteiger partial charge on any atom is -0.349 e. The van der Waals surface area contributed by atoms with Gasteiger partial charge < -0.3 is 14.8 Å². The molecule has 0 radical (unpaired) electrons. The molecule has 140 valence electrons. The van der Waals surface area contributed by atoms with Gasteiger partial charge in [0.25, 0.3) is 0 Å². The van der Waals surface area contributed by atoms with Crippen molar-refractivity contribution < 1.29 is 27.0 Å². The molecule has 0 unspecified atom stereocenters. The molecule has 1 aliphatic heterocycles. The first kappa shape index (κ1) is 19.1. The van der Waals surface area contributed by atoms with Crippen LogP contribution in [0.25, 0.3) is 0 Å². The average molecular weight is 390 g/mol. The summed E-state index contributed by atoms with van der Waals surface area (Å²) in [6, 6.07) is 8.58. The number of morpholine rings is 1. The first-order valence-electron chi connectivity index (χ1n) is 7.92. The molecule has 0 amide bonds. The Balaban J connectivity index is 1.74. The zero-order chi connectivity index (χ0) is 18.7. The molecule has 2 aromatic rings. The van der Waals surface area contributed by atoms with Crippen LogP contribution in [0.5, 0.6) is 0 Å². The molecule has 8 heteroatoms. The number of nitrogens with one attached hydrogen (secondary N) is 1. The molecule has 1 aliphatic rings. The summed E-state index contributed by atoms with van der Waals surface area (Å²) in [4.78, 5) is 0. The molecular formula is C18H16ClF4NO2. The van der Waals surface area contributed by atoms with Gasteiger partial charge in [0.2, 0.25) is 0 Å². The van der Waals surface area contributed by atoms with E-state index >= 15 is 0 Å². The van der Waals surface area contributed by atoms with Gasteiger partial charge in [-0.15, -0.1) is 0 Å². The second kappa shape index (κ2) is 7.92. The Morgan fingerprint density at radius 2 is 1.88 bits per heavy atom. The molecule has 0 bridgehead atoms. The minimum absolute atomic E-state index is 0.146. The van der Waals surface area contributed by atoms with Crippen LogP contribution in [0.3, 0.4) is 0 Å². The van der Waals surface area contributed by atoms with Gasteiger partial charge in [0.15, 0.2) is 6.29 Å². The first-order chi connectivity index (χ1) is 12.3. The third kappa shape index (κ3) is 4.54. The van der Waals surface area contributed by atoms with E-state index in [4.69, 9.17) is 21.1 Å². The van der Waals surface area contributed by atoms with Crippen LogP contribution in [0.15, 0.2) is 42.5 Å². The van der Waals surface area contributed by atoms with Crippen molar-refractivity contribution in [3.63, 3.8) is 0 Å². The summed E-state index contributed by atoms with van der Waals surface area (Å²) in [7, 11) is 0. The van der Waals surface area contributed by atoms with Crippen molar-refractivity contribution in [2.24, 2.45) is 0 Å². The summed E-state index contributed by atoms with van der Waals surface area (Å²) >= 11 is 5.99. The topological polar surface area (TPSA) is 30.5 Å². The number of ether oxygens (including phenoxy) is 2. The quantitative estimate of drug-likeness (QED) is 0.769. The standard InChI is InChI=1S/C18H16ClF4NO2/c19-15-6-3-13(18(21,22)23)9-12(15)10-26-17-16(24-7-8-25-17)11-1-4-14(20)5-2-11/h1-6,9,16-17,24H,7-8,10H2/t16-,17+/m0/s1. The van der Waals surface area contributed by atoms with Crippen LogP contribution in [-0.2, 0) is 22.3 Å². The van der Waals surface area contributed by atoms with E-state index in [1.807, 2.05) is 0 Å². The minimum atomic E-state index is -4.46. The molecule has 0 aliphatic carbocycles. The SMILES string of the molecule is Fc1ccc([C@@H]2NCCO[C@@H]2OCc2cc(C(F)(F)F)ccc2Cl)cc1. The van der Waals surface area contributed by atoms with E-state index in [1.165, 1.54) is 18.2 Å². The Hall–Kier alpha value is -1.67. The lowest BCUT2D eigenvalue weighted by atomic mass is 10.1. The van der Waals surface area contributed by atoms with Crippen LogP contribution in [0, 0.1) is 5.82 Å². The number of halogens is 5. The molecule has 1 heterocycles. The largest absolute Gasteiger partial charge is 0.416 e. The normalized spacial score (nSPS) is 21.0. The second-order valence-electron chi connectivity index (χ2n) is 5.84. The molecule has 2 atom stereocenters. The molecule has 3 rings (SSSR count). The van der Waals surface area contributed by atoms with Gasteiger partial charge in [0, 0.05) is 11.6 Å². The fourth-order valence-corrected chi connectivity index (χ4v) is 2.88. The number of rotatable bonds is 4. The lowest BCUT2D eigenvalue weighted by molar-refractivity contribution is -0.183. The Bertz CT molecular complexity index is 752. The highest BCUT2D eigenvalue weighted by atomic mass is 35.5. The van der Waals surface area contributed by atoms with Gasteiger partial charge in [-0.25, -0.2) is 4.39 Å². The molecule has 26 heavy (non-hydrogen) atoms. The number of benzene rings is 2. The van der Waals surface area contributed by atoms with E-state index in [0.717, 1.165) is 17.7 Å². The van der Waals surface area contributed by atoms with Gasteiger partial charge in [-0.3, -0.25) is 0 Å².